The molecule has 2 heterocycles. The van der Waals surface area contributed by atoms with Crippen LogP contribution in [0.2, 0.25) is 0 Å². The van der Waals surface area contributed by atoms with Crippen molar-refractivity contribution < 1.29 is 4.90 Å². The number of thiazole rings is 1. The number of aryl methyl sites for hydroxylation is 2. The molecule has 2 aromatic carbocycles. The number of anilines is 1. The minimum absolute atomic E-state index is 0.832. The number of aromatic nitrogens is 1. The smallest absolute Gasteiger partial charge is 0.173 e. The summed E-state index contributed by atoms with van der Waals surface area (Å²) in [6.07, 6.45) is 0. The van der Waals surface area contributed by atoms with Crippen molar-refractivity contribution in [3.8, 4) is 0 Å². The molecule has 6 heteroatoms. The van der Waals surface area contributed by atoms with Crippen LogP contribution in [0.25, 0.3) is 10.2 Å². The summed E-state index contributed by atoms with van der Waals surface area (Å²) < 4.78 is 1.28. The molecular weight excluding hydrogens is 372 g/mol. The van der Waals surface area contributed by atoms with Gasteiger partial charge in [-0.2, -0.15) is 0 Å². The van der Waals surface area contributed by atoms with Crippen LogP contribution in [0.15, 0.2) is 42.5 Å². The number of piperazine rings is 1. The molecule has 4 nitrogen and oxygen atoms in total. The van der Waals surface area contributed by atoms with Crippen LogP contribution in [0.3, 0.4) is 0 Å². The summed E-state index contributed by atoms with van der Waals surface area (Å²) in [5.74, 6) is 0. The number of hydrogen-bond acceptors (Lipinski definition) is 3. The Morgan fingerprint density at radius 2 is 1.85 bits per heavy atom. The number of fused-ring (bicyclic) bond motifs is 1. The van der Waals surface area contributed by atoms with Gasteiger partial charge in [-0.05, 0) is 61.5 Å². The topological polar surface area (TPSA) is 32.6 Å². The molecule has 3 aromatic rings. The second kappa shape index (κ2) is 7.92. The van der Waals surface area contributed by atoms with Gasteiger partial charge < -0.3 is 15.1 Å². The summed E-state index contributed by atoms with van der Waals surface area (Å²) in [7, 11) is 0. The minimum atomic E-state index is 0.832. The fraction of sp³-hybridized carbons (Fsp3) is 0.333. The van der Waals surface area contributed by atoms with Gasteiger partial charge in [0, 0.05) is 5.69 Å². The van der Waals surface area contributed by atoms with Crippen LogP contribution in [-0.2, 0) is 6.54 Å². The van der Waals surface area contributed by atoms with Crippen molar-refractivity contribution in [1.82, 2.24) is 9.88 Å². The molecule has 27 heavy (non-hydrogen) atoms. The van der Waals surface area contributed by atoms with E-state index in [1.165, 1.54) is 20.8 Å². The fourth-order valence-corrected chi connectivity index (χ4v) is 5.00. The minimum Gasteiger partial charge on any atom is -0.338 e. The molecule has 0 unspecified atom stereocenters. The highest BCUT2D eigenvalue weighted by atomic mass is 32.1. The van der Waals surface area contributed by atoms with Gasteiger partial charge in [0.15, 0.2) is 5.11 Å². The lowest BCUT2D eigenvalue weighted by molar-refractivity contribution is -0.917. The van der Waals surface area contributed by atoms with E-state index >= 15 is 0 Å². The van der Waals surface area contributed by atoms with Crippen LogP contribution in [0.5, 0.6) is 0 Å². The number of quaternary nitrogens is 1. The Bertz CT molecular complexity index is 904. The summed E-state index contributed by atoms with van der Waals surface area (Å²) in [6, 6.07) is 14.9. The van der Waals surface area contributed by atoms with Gasteiger partial charge in [-0.3, -0.25) is 0 Å². The number of para-hydroxylation sites is 1. The first-order valence-corrected chi connectivity index (χ1v) is 10.6. The highest BCUT2D eigenvalue weighted by Gasteiger charge is 2.23. The lowest BCUT2D eigenvalue weighted by Gasteiger charge is -2.33. The Morgan fingerprint density at radius 1 is 1.15 bits per heavy atom. The number of nitrogens with zero attached hydrogens (tertiary/aromatic N) is 2. The van der Waals surface area contributed by atoms with Crippen molar-refractivity contribution in [2.75, 3.05) is 31.5 Å². The maximum absolute atomic E-state index is 5.65. The number of rotatable bonds is 3. The van der Waals surface area contributed by atoms with Crippen LogP contribution >= 0.6 is 23.6 Å². The summed E-state index contributed by atoms with van der Waals surface area (Å²) in [5.41, 5.74) is 4.71. The Balaban J connectivity index is 1.32. The first-order valence-electron chi connectivity index (χ1n) is 9.39. The summed E-state index contributed by atoms with van der Waals surface area (Å²) in [5, 5.41) is 5.48. The zero-order valence-corrected chi connectivity index (χ0v) is 17.4. The van der Waals surface area contributed by atoms with Gasteiger partial charge in [-0.1, -0.05) is 18.2 Å². The molecule has 0 spiro atoms. The van der Waals surface area contributed by atoms with Gasteiger partial charge in [0.1, 0.15) is 11.6 Å². The van der Waals surface area contributed by atoms with Crippen molar-refractivity contribution in [3.05, 3.63) is 58.6 Å². The number of thiocarbonyl (C=S) groups is 1. The first kappa shape index (κ1) is 18.3. The predicted octanol–water partition coefficient (Wildman–Crippen LogP) is 3.01. The molecule has 0 aliphatic carbocycles. The average Bonchev–Trinajstić information content (AvgIpc) is 3.03. The number of nitrogens with one attached hydrogen (secondary N) is 2. The second-order valence-electron chi connectivity index (χ2n) is 7.30. The summed E-state index contributed by atoms with van der Waals surface area (Å²) >= 11 is 7.47. The predicted molar refractivity (Wildman–Crippen MR) is 118 cm³/mol. The van der Waals surface area contributed by atoms with E-state index in [1.54, 1.807) is 4.90 Å². The van der Waals surface area contributed by atoms with E-state index in [9.17, 15) is 0 Å². The van der Waals surface area contributed by atoms with E-state index in [0.29, 0.717) is 0 Å². The second-order valence-corrected chi connectivity index (χ2v) is 8.80. The van der Waals surface area contributed by atoms with Crippen LogP contribution in [0, 0.1) is 13.8 Å². The van der Waals surface area contributed by atoms with Crippen LogP contribution in [0.4, 0.5) is 5.69 Å². The van der Waals surface area contributed by atoms with Crippen molar-refractivity contribution in [2.24, 2.45) is 0 Å². The molecule has 1 aromatic heterocycles. The van der Waals surface area contributed by atoms with E-state index in [4.69, 9.17) is 17.2 Å². The molecular formula is C21H25N4S2+. The molecule has 0 radical (unpaired) electrons. The molecule has 0 atom stereocenters. The third-order valence-corrected chi connectivity index (χ3v) is 6.37. The third kappa shape index (κ3) is 4.46. The Kier molecular flexibility index (Phi) is 5.38. The Morgan fingerprint density at radius 3 is 2.56 bits per heavy atom. The van der Waals surface area contributed by atoms with E-state index < -0.39 is 0 Å². The molecule has 0 bridgehead atoms. The molecule has 4 rings (SSSR count). The molecule has 1 saturated heterocycles. The van der Waals surface area contributed by atoms with Crippen molar-refractivity contribution in [2.45, 2.75) is 20.4 Å². The van der Waals surface area contributed by atoms with Crippen molar-refractivity contribution >= 4 is 44.6 Å². The zero-order valence-electron chi connectivity index (χ0n) is 15.8. The highest BCUT2D eigenvalue weighted by molar-refractivity contribution is 7.80. The zero-order chi connectivity index (χ0) is 18.8. The lowest BCUT2D eigenvalue weighted by Crippen LogP contribution is -3.13. The monoisotopic (exact) mass is 397 g/mol. The Hall–Kier alpha value is -2.02. The number of hydrogen-bond donors (Lipinski definition) is 2. The van der Waals surface area contributed by atoms with Gasteiger partial charge in [0.25, 0.3) is 0 Å². The van der Waals surface area contributed by atoms with Gasteiger partial charge in [-0.15, -0.1) is 11.3 Å². The van der Waals surface area contributed by atoms with Gasteiger partial charge >= 0.3 is 0 Å². The SMILES string of the molecule is Cc1cc(C)cc(NC(=S)N2CC[NH+](Cc3nc4ccccc4s3)CC2)c1. The van der Waals surface area contributed by atoms with E-state index in [0.717, 1.165) is 49.0 Å². The van der Waals surface area contributed by atoms with Crippen molar-refractivity contribution in [3.63, 3.8) is 0 Å². The van der Waals surface area contributed by atoms with Gasteiger partial charge in [-0.25, -0.2) is 4.98 Å². The largest absolute Gasteiger partial charge is 0.338 e. The van der Waals surface area contributed by atoms with Crippen LogP contribution in [0.1, 0.15) is 16.1 Å². The molecule has 0 amide bonds. The van der Waals surface area contributed by atoms with E-state index in [-0.39, 0.29) is 0 Å². The average molecular weight is 398 g/mol. The summed E-state index contributed by atoms with van der Waals surface area (Å²) in [4.78, 5) is 8.65. The molecule has 1 fully saturated rings. The van der Waals surface area contributed by atoms with Crippen LogP contribution in [-0.4, -0.2) is 41.2 Å². The van der Waals surface area contributed by atoms with E-state index in [2.05, 4.69) is 66.5 Å². The first-order chi connectivity index (χ1) is 13.1. The van der Waals surface area contributed by atoms with E-state index in [1.807, 2.05) is 11.3 Å². The molecule has 0 saturated carbocycles. The quantitative estimate of drug-likeness (QED) is 0.666. The normalized spacial score (nSPS) is 15.3. The molecule has 1 aliphatic heterocycles. The molecule has 140 valence electrons. The van der Waals surface area contributed by atoms with Gasteiger partial charge in [0.05, 0.1) is 36.4 Å². The highest BCUT2D eigenvalue weighted by Crippen LogP contribution is 2.20. The van der Waals surface area contributed by atoms with Crippen molar-refractivity contribution in [1.29, 1.82) is 0 Å². The third-order valence-electron chi connectivity index (χ3n) is 4.97. The molecule has 2 N–H and O–H groups in total. The van der Waals surface area contributed by atoms with Gasteiger partial charge in [0.2, 0.25) is 0 Å². The lowest BCUT2D eigenvalue weighted by atomic mass is 10.1. The Labute approximate surface area is 169 Å². The number of benzene rings is 2. The maximum Gasteiger partial charge on any atom is 0.173 e. The summed E-state index contributed by atoms with van der Waals surface area (Å²) in [6.45, 7) is 9.38. The molecule has 1 aliphatic rings. The maximum atomic E-state index is 5.65. The standard InChI is InChI=1S/C21H24N4S2/c1-15-11-16(2)13-17(12-15)22-21(26)25-9-7-24(8-10-25)14-20-23-18-5-3-4-6-19(18)27-20/h3-6,11-13H,7-10,14H2,1-2H3,(H,22,26)/p+1. The van der Waals surface area contributed by atoms with Crippen LogP contribution < -0.4 is 10.2 Å². The fourth-order valence-electron chi connectivity index (χ4n) is 3.66.